The molecule has 2 rings (SSSR count). The number of Topliss-reactive ketones (excluding diaryl/α,β-unsaturated/α-hetero) is 2. The monoisotopic (exact) mass is 275 g/mol. The highest BCUT2D eigenvalue weighted by atomic mass is 16.5. The van der Waals surface area contributed by atoms with Crippen molar-refractivity contribution < 1.29 is 19.1 Å². The van der Waals surface area contributed by atoms with Crippen molar-refractivity contribution >= 4 is 17.5 Å². The van der Waals surface area contributed by atoms with Gasteiger partial charge in [-0.15, -0.1) is 0 Å². The summed E-state index contributed by atoms with van der Waals surface area (Å²) in [6, 6.07) is 0. The van der Waals surface area contributed by atoms with Crippen molar-refractivity contribution in [2.24, 2.45) is 7.05 Å². The first-order valence-electron chi connectivity index (χ1n) is 6.46. The molecule has 0 spiro atoms. The van der Waals surface area contributed by atoms with Crippen molar-refractivity contribution in [2.45, 2.75) is 27.7 Å². The lowest BCUT2D eigenvalue weighted by molar-refractivity contribution is 0.0522. The van der Waals surface area contributed by atoms with Crippen LogP contribution in [0.5, 0.6) is 0 Å². The Labute approximate surface area is 117 Å². The summed E-state index contributed by atoms with van der Waals surface area (Å²) in [5.41, 5.74) is 2.04. The van der Waals surface area contributed by atoms with Gasteiger partial charge in [0.15, 0.2) is 5.78 Å². The summed E-state index contributed by atoms with van der Waals surface area (Å²) in [4.78, 5) is 36.9. The van der Waals surface area contributed by atoms with E-state index >= 15 is 0 Å². The van der Waals surface area contributed by atoms with Gasteiger partial charge in [-0.05, 0) is 27.7 Å². The number of aromatic nitrogens is 1. The fraction of sp³-hybridized carbons (Fsp3) is 0.400. The van der Waals surface area contributed by atoms with Crippen molar-refractivity contribution in [3.63, 3.8) is 0 Å². The van der Waals surface area contributed by atoms with Crippen LogP contribution in [0.25, 0.3) is 0 Å². The lowest BCUT2D eigenvalue weighted by Crippen LogP contribution is -2.22. The fourth-order valence-electron chi connectivity index (χ4n) is 2.45. The van der Waals surface area contributed by atoms with E-state index in [0.717, 1.165) is 0 Å². The minimum absolute atomic E-state index is 0.177. The number of rotatable bonds is 2. The molecule has 0 fully saturated rings. The van der Waals surface area contributed by atoms with E-state index in [2.05, 4.69) is 0 Å². The van der Waals surface area contributed by atoms with E-state index in [9.17, 15) is 14.4 Å². The van der Waals surface area contributed by atoms with Gasteiger partial charge in [-0.3, -0.25) is 9.59 Å². The third-order valence-corrected chi connectivity index (χ3v) is 3.85. The predicted molar refractivity (Wildman–Crippen MR) is 73.1 cm³/mol. The van der Waals surface area contributed by atoms with Gasteiger partial charge in [-0.25, -0.2) is 4.79 Å². The van der Waals surface area contributed by atoms with Gasteiger partial charge in [0.2, 0.25) is 5.78 Å². The fourth-order valence-corrected chi connectivity index (χ4v) is 2.45. The molecule has 106 valence electrons. The number of allylic oxidation sites excluding steroid dienone is 2. The van der Waals surface area contributed by atoms with Crippen molar-refractivity contribution in [2.75, 3.05) is 6.61 Å². The van der Waals surface area contributed by atoms with Crippen LogP contribution in [0, 0.1) is 6.92 Å². The van der Waals surface area contributed by atoms with Crippen LogP contribution >= 0.6 is 0 Å². The number of esters is 1. The SMILES string of the molecule is CCOC(=O)c1c2c(n(C)c1C)C(=O)C(C)=C(C)C2=O. The van der Waals surface area contributed by atoms with Gasteiger partial charge in [-0.1, -0.05) is 0 Å². The van der Waals surface area contributed by atoms with E-state index in [0.29, 0.717) is 16.8 Å². The zero-order valence-corrected chi connectivity index (χ0v) is 12.3. The summed E-state index contributed by atoms with van der Waals surface area (Å²) < 4.78 is 6.60. The highest BCUT2D eigenvalue weighted by Crippen LogP contribution is 2.32. The Morgan fingerprint density at radius 2 is 1.65 bits per heavy atom. The molecular formula is C15H17NO4. The molecule has 0 N–H and O–H groups in total. The van der Waals surface area contributed by atoms with E-state index in [1.54, 1.807) is 39.3 Å². The first kappa shape index (κ1) is 14.2. The van der Waals surface area contributed by atoms with Gasteiger partial charge in [0, 0.05) is 23.9 Å². The first-order chi connectivity index (χ1) is 9.32. The smallest absolute Gasteiger partial charge is 0.340 e. The van der Waals surface area contributed by atoms with Crippen LogP contribution in [0.4, 0.5) is 0 Å². The molecular weight excluding hydrogens is 258 g/mol. The van der Waals surface area contributed by atoms with Gasteiger partial charge < -0.3 is 9.30 Å². The van der Waals surface area contributed by atoms with E-state index in [-0.39, 0.29) is 35.0 Å². The minimum atomic E-state index is -0.560. The molecule has 0 radical (unpaired) electrons. The zero-order chi connectivity index (χ0) is 15.2. The maximum atomic E-state index is 12.4. The maximum Gasteiger partial charge on any atom is 0.340 e. The number of ether oxygens (including phenoxy) is 1. The number of ketones is 2. The Bertz CT molecular complexity index is 677. The summed E-state index contributed by atoms with van der Waals surface area (Å²) in [6.45, 7) is 6.86. The molecule has 20 heavy (non-hydrogen) atoms. The van der Waals surface area contributed by atoms with Crippen molar-refractivity contribution in [3.05, 3.63) is 33.7 Å². The Morgan fingerprint density at radius 1 is 1.10 bits per heavy atom. The molecule has 0 aromatic carbocycles. The second-order valence-corrected chi connectivity index (χ2v) is 4.87. The zero-order valence-electron chi connectivity index (χ0n) is 12.3. The number of nitrogens with zero attached hydrogens (tertiary/aromatic N) is 1. The molecule has 0 amide bonds. The topological polar surface area (TPSA) is 65.4 Å². The summed E-state index contributed by atoms with van der Waals surface area (Å²) in [5.74, 6) is -1.04. The Balaban J connectivity index is 2.77. The first-order valence-corrected chi connectivity index (χ1v) is 6.46. The highest BCUT2D eigenvalue weighted by molar-refractivity contribution is 6.28. The van der Waals surface area contributed by atoms with Crippen molar-refractivity contribution in [1.82, 2.24) is 4.57 Å². The molecule has 0 atom stereocenters. The Hall–Kier alpha value is -2.17. The van der Waals surface area contributed by atoms with Crippen molar-refractivity contribution in [1.29, 1.82) is 0 Å². The number of hydrogen-bond donors (Lipinski definition) is 0. The Morgan fingerprint density at radius 3 is 2.20 bits per heavy atom. The van der Waals surface area contributed by atoms with Crippen LogP contribution in [-0.4, -0.2) is 28.7 Å². The second-order valence-electron chi connectivity index (χ2n) is 4.87. The van der Waals surface area contributed by atoms with E-state index < -0.39 is 5.97 Å². The second kappa shape index (κ2) is 4.74. The van der Waals surface area contributed by atoms with Crippen LogP contribution in [0.2, 0.25) is 0 Å². The van der Waals surface area contributed by atoms with Crippen LogP contribution in [0.15, 0.2) is 11.1 Å². The Kier molecular flexibility index (Phi) is 3.38. The highest BCUT2D eigenvalue weighted by Gasteiger charge is 2.37. The number of carbonyl (C=O) groups is 3. The molecule has 0 bridgehead atoms. The van der Waals surface area contributed by atoms with Crippen molar-refractivity contribution in [3.8, 4) is 0 Å². The lowest BCUT2D eigenvalue weighted by Gasteiger charge is -2.15. The quantitative estimate of drug-likeness (QED) is 0.776. The third-order valence-electron chi connectivity index (χ3n) is 3.85. The average Bonchev–Trinajstić information content (AvgIpc) is 2.67. The number of carbonyl (C=O) groups excluding carboxylic acids is 3. The summed E-state index contributed by atoms with van der Waals surface area (Å²) in [6.07, 6.45) is 0. The van der Waals surface area contributed by atoms with Crippen LogP contribution in [0.3, 0.4) is 0 Å². The molecule has 0 saturated heterocycles. The number of fused-ring (bicyclic) bond motifs is 1. The standard InChI is InChI=1S/C15H17NO4/c1-6-20-15(19)10-9(4)16(5)12-11(10)13(17)7(2)8(3)14(12)18/h6H2,1-5H3. The van der Waals surface area contributed by atoms with Crippen LogP contribution in [0.1, 0.15) is 57.7 Å². The predicted octanol–water partition coefficient (Wildman–Crippen LogP) is 2.23. The van der Waals surface area contributed by atoms with Gasteiger partial charge in [0.1, 0.15) is 5.69 Å². The van der Waals surface area contributed by atoms with Crippen LogP contribution in [-0.2, 0) is 11.8 Å². The maximum absolute atomic E-state index is 12.4. The molecule has 1 heterocycles. The van der Waals surface area contributed by atoms with Gasteiger partial charge in [-0.2, -0.15) is 0 Å². The number of hydrogen-bond acceptors (Lipinski definition) is 4. The van der Waals surface area contributed by atoms with Gasteiger partial charge in [0.25, 0.3) is 0 Å². The molecule has 0 aliphatic heterocycles. The molecule has 5 heteroatoms. The molecule has 1 aromatic rings. The molecule has 1 aromatic heterocycles. The van der Waals surface area contributed by atoms with Crippen LogP contribution < -0.4 is 0 Å². The van der Waals surface area contributed by atoms with Gasteiger partial charge in [0.05, 0.1) is 17.7 Å². The molecule has 5 nitrogen and oxygen atoms in total. The largest absolute Gasteiger partial charge is 0.462 e. The van der Waals surface area contributed by atoms with E-state index in [1.807, 2.05) is 0 Å². The average molecular weight is 275 g/mol. The molecule has 0 unspecified atom stereocenters. The van der Waals surface area contributed by atoms with E-state index in [4.69, 9.17) is 4.74 Å². The summed E-state index contributed by atoms with van der Waals surface area (Å²) >= 11 is 0. The third kappa shape index (κ3) is 1.73. The lowest BCUT2D eigenvalue weighted by atomic mass is 9.87. The molecule has 1 aliphatic rings. The van der Waals surface area contributed by atoms with E-state index in [1.165, 1.54) is 0 Å². The normalized spacial score (nSPS) is 14.7. The summed E-state index contributed by atoms with van der Waals surface area (Å²) in [5, 5.41) is 0. The minimum Gasteiger partial charge on any atom is -0.462 e. The molecule has 0 saturated carbocycles. The molecule has 1 aliphatic carbocycles. The van der Waals surface area contributed by atoms with Gasteiger partial charge >= 0.3 is 5.97 Å². The summed E-state index contributed by atoms with van der Waals surface area (Å²) in [7, 11) is 1.68.